The van der Waals surface area contributed by atoms with Crippen LogP contribution in [0.3, 0.4) is 0 Å². The Hall–Kier alpha value is -1.39. The van der Waals surface area contributed by atoms with Gasteiger partial charge in [0.25, 0.3) is 0 Å². The molecule has 0 aromatic rings. The van der Waals surface area contributed by atoms with E-state index in [2.05, 4.69) is 0 Å². The molecule has 0 radical (unpaired) electrons. The molecule has 0 saturated carbocycles. The van der Waals surface area contributed by atoms with Crippen molar-refractivity contribution in [2.24, 2.45) is 0 Å². The van der Waals surface area contributed by atoms with Crippen LogP contribution in [0.15, 0.2) is 0 Å². The lowest BCUT2D eigenvalue weighted by atomic mass is 10.4. The fraction of sp³-hybridized carbons (Fsp3) is 0.571. The summed E-state index contributed by atoms with van der Waals surface area (Å²) < 4.78 is 0. The number of carboxylic acid groups (broad SMARTS) is 1. The normalized spacial score (nSPS) is 17.2. The monoisotopic (exact) mass is 171 g/mol. The molecular formula is C7H9NO4. The molecule has 0 bridgehead atoms. The number of carbonyl (C=O) groups excluding carboxylic acids is 2. The third-order valence-electron chi connectivity index (χ3n) is 1.70. The summed E-state index contributed by atoms with van der Waals surface area (Å²) in [6, 6.07) is 0. The SMILES string of the molecule is O=C(O)CCN1C(=O)CCC1=O. The Morgan fingerprint density at radius 3 is 2.25 bits per heavy atom. The topological polar surface area (TPSA) is 74.7 Å². The second kappa shape index (κ2) is 3.34. The quantitative estimate of drug-likeness (QED) is 0.587. The van der Waals surface area contributed by atoms with Gasteiger partial charge in [-0.25, -0.2) is 0 Å². The van der Waals surface area contributed by atoms with E-state index in [1.165, 1.54) is 0 Å². The van der Waals surface area contributed by atoms with Crippen LogP contribution in [0.25, 0.3) is 0 Å². The number of aliphatic carboxylic acids is 1. The van der Waals surface area contributed by atoms with Gasteiger partial charge >= 0.3 is 5.97 Å². The van der Waals surface area contributed by atoms with E-state index in [1.807, 2.05) is 0 Å². The van der Waals surface area contributed by atoms with Gasteiger partial charge in [0, 0.05) is 19.4 Å². The first-order chi connectivity index (χ1) is 5.61. The highest BCUT2D eigenvalue weighted by molar-refractivity contribution is 6.02. The molecule has 1 rings (SSSR count). The molecule has 1 aliphatic heterocycles. The summed E-state index contributed by atoms with van der Waals surface area (Å²) in [5, 5.41) is 8.30. The largest absolute Gasteiger partial charge is 0.481 e. The summed E-state index contributed by atoms with van der Waals surface area (Å²) in [4.78, 5) is 32.9. The van der Waals surface area contributed by atoms with Crippen molar-refractivity contribution in [3.63, 3.8) is 0 Å². The molecule has 1 saturated heterocycles. The molecule has 2 amide bonds. The Bertz CT molecular complexity index is 220. The zero-order chi connectivity index (χ0) is 9.14. The average Bonchev–Trinajstić information content (AvgIpc) is 2.28. The van der Waals surface area contributed by atoms with E-state index in [1.54, 1.807) is 0 Å². The van der Waals surface area contributed by atoms with Crippen LogP contribution in [0.2, 0.25) is 0 Å². The minimum atomic E-state index is -0.998. The summed E-state index contributed by atoms with van der Waals surface area (Å²) in [6.07, 6.45) is 0.272. The summed E-state index contributed by atoms with van der Waals surface area (Å²) in [6.45, 7) is 0.00694. The molecule has 1 fully saturated rings. The zero-order valence-corrected chi connectivity index (χ0v) is 6.45. The lowest BCUT2D eigenvalue weighted by Gasteiger charge is -2.10. The van der Waals surface area contributed by atoms with Gasteiger partial charge in [-0.2, -0.15) is 0 Å². The van der Waals surface area contributed by atoms with Crippen LogP contribution in [0.1, 0.15) is 19.3 Å². The highest BCUT2D eigenvalue weighted by Gasteiger charge is 2.28. The fourth-order valence-electron chi connectivity index (χ4n) is 1.08. The Labute approximate surface area is 69.0 Å². The molecule has 66 valence electrons. The predicted octanol–water partition coefficient (Wildman–Crippen LogP) is -0.390. The first-order valence-corrected chi connectivity index (χ1v) is 3.66. The van der Waals surface area contributed by atoms with Gasteiger partial charge in [0.15, 0.2) is 0 Å². The van der Waals surface area contributed by atoms with Gasteiger partial charge in [-0.3, -0.25) is 19.3 Å². The van der Waals surface area contributed by atoms with E-state index in [9.17, 15) is 14.4 Å². The summed E-state index contributed by atoms with van der Waals surface area (Å²) in [5.41, 5.74) is 0. The maximum absolute atomic E-state index is 10.9. The van der Waals surface area contributed by atoms with E-state index < -0.39 is 5.97 Å². The molecule has 5 heteroatoms. The van der Waals surface area contributed by atoms with Crippen molar-refractivity contribution in [1.82, 2.24) is 4.90 Å². The lowest BCUT2D eigenvalue weighted by Crippen LogP contribution is -2.31. The minimum absolute atomic E-state index is 0.00694. The average molecular weight is 171 g/mol. The number of likely N-dealkylation sites (tertiary alicyclic amines) is 1. The van der Waals surface area contributed by atoms with Crippen molar-refractivity contribution in [2.75, 3.05) is 6.54 Å². The van der Waals surface area contributed by atoms with Crippen LogP contribution in [-0.4, -0.2) is 34.3 Å². The highest BCUT2D eigenvalue weighted by atomic mass is 16.4. The molecule has 0 aliphatic carbocycles. The predicted molar refractivity (Wildman–Crippen MR) is 38.2 cm³/mol. The van der Waals surface area contributed by atoms with Crippen LogP contribution in [0.4, 0.5) is 0 Å². The first-order valence-electron chi connectivity index (χ1n) is 3.66. The minimum Gasteiger partial charge on any atom is -0.481 e. The van der Waals surface area contributed by atoms with Gasteiger partial charge in [-0.05, 0) is 0 Å². The van der Waals surface area contributed by atoms with E-state index in [-0.39, 0.29) is 37.6 Å². The van der Waals surface area contributed by atoms with Crippen molar-refractivity contribution < 1.29 is 19.5 Å². The number of hydrogen-bond donors (Lipinski definition) is 1. The molecule has 0 aromatic carbocycles. The van der Waals surface area contributed by atoms with Crippen molar-refractivity contribution in [2.45, 2.75) is 19.3 Å². The van der Waals surface area contributed by atoms with Crippen molar-refractivity contribution in [3.8, 4) is 0 Å². The van der Waals surface area contributed by atoms with Gasteiger partial charge < -0.3 is 5.11 Å². The molecule has 5 nitrogen and oxygen atoms in total. The van der Waals surface area contributed by atoms with Crippen molar-refractivity contribution >= 4 is 17.8 Å². The highest BCUT2D eigenvalue weighted by Crippen LogP contribution is 2.11. The van der Waals surface area contributed by atoms with E-state index in [0.717, 1.165) is 4.90 Å². The maximum atomic E-state index is 10.9. The number of hydrogen-bond acceptors (Lipinski definition) is 3. The van der Waals surface area contributed by atoms with Gasteiger partial charge in [0.05, 0.1) is 6.42 Å². The molecule has 0 aromatic heterocycles. The second-order valence-corrected chi connectivity index (χ2v) is 2.58. The Morgan fingerprint density at radius 2 is 1.83 bits per heavy atom. The molecule has 1 N–H and O–H groups in total. The maximum Gasteiger partial charge on any atom is 0.305 e. The summed E-state index contributed by atoms with van der Waals surface area (Å²) >= 11 is 0. The first kappa shape index (κ1) is 8.70. The molecule has 0 atom stereocenters. The van der Waals surface area contributed by atoms with Gasteiger partial charge in [-0.1, -0.05) is 0 Å². The smallest absolute Gasteiger partial charge is 0.305 e. The number of carboxylic acids is 1. The molecular weight excluding hydrogens is 162 g/mol. The van der Waals surface area contributed by atoms with E-state index in [0.29, 0.717) is 0 Å². The van der Waals surface area contributed by atoms with E-state index in [4.69, 9.17) is 5.11 Å². The number of amides is 2. The van der Waals surface area contributed by atoms with Crippen LogP contribution < -0.4 is 0 Å². The lowest BCUT2D eigenvalue weighted by molar-refractivity contribution is -0.141. The molecule has 0 unspecified atom stereocenters. The Kier molecular flexibility index (Phi) is 2.42. The molecule has 1 aliphatic rings. The van der Waals surface area contributed by atoms with Gasteiger partial charge in [0.1, 0.15) is 0 Å². The van der Waals surface area contributed by atoms with Crippen LogP contribution >= 0.6 is 0 Å². The number of nitrogens with zero attached hydrogens (tertiary/aromatic N) is 1. The fourth-order valence-corrected chi connectivity index (χ4v) is 1.08. The molecule has 12 heavy (non-hydrogen) atoms. The Balaban J connectivity index is 2.45. The molecule has 0 spiro atoms. The molecule has 1 heterocycles. The van der Waals surface area contributed by atoms with Gasteiger partial charge in [-0.15, -0.1) is 0 Å². The van der Waals surface area contributed by atoms with Crippen molar-refractivity contribution in [1.29, 1.82) is 0 Å². The van der Waals surface area contributed by atoms with Crippen molar-refractivity contribution in [3.05, 3.63) is 0 Å². The second-order valence-electron chi connectivity index (χ2n) is 2.58. The third-order valence-corrected chi connectivity index (χ3v) is 1.70. The third kappa shape index (κ3) is 1.81. The number of carbonyl (C=O) groups is 3. The van der Waals surface area contributed by atoms with Crippen LogP contribution in [0, 0.1) is 0 Å². The standard InChI is InChI=1S/C7H9NO4/c9-5-1-2-6(10)8(5)4-3-7(11)12/h1-4H2,(H,11,12). The number of imide groups is 1. The van der Waals surface area contributed by atoms with Crippen LogP contribution in [0.5, 0.6) is 0 Å². The zero-order valence-electron chi connectivity index (χ0n) is 6.45. The van der Waals surface area contributed by atoms with Gasteiger partial charge in [0.2, 0.25) is 11.8 Å². The number of rotatable bonds is 3. The Morgan fingerprint density at radius 1 is 1.33 bits per heavy atom. The summed E-state index contributed by atoms with van der Waals surface area (Å²) in [7, 11) is 0. The van der Waals surface area contributed by atoms with Crippen LogP contribution in [-0.2, 0) is 14.4 Å². The summed E-state index contributed by atoms with van der Waals surface area (Å²) in [5.74, 6) is -1.52. The van der Waals surface area contributed by atoms with E-state index >= 15 is 0 Å².